The zero-order valence-electron chi connectivity index (χ0n) is 7.88. The van der Waals surface area contributed by atoms with E-state index in [2.05, 4.69) is 28.2 Å². The second-order valence-electron chi connectivity index (χ2n) is 2.86. The Balaban J connectivity index is 2.64. The van der Waals surface area contributed by atoms with Gasteiger partial charge in [0.25, 0.3) is 0 Å². The molecule has 72 valence electrons. The molecule has 0 unspecified atom stereocenters. The van der Waals surface area contributed by atoms with Crippen LogP contribution < -0.4 is 10.1 Å². The van der Waals surface area contributed by atoms with Crippen molar-refractivity contribution in [1.29, 1.82) is 0 Å². The Morgan fingerprint density at radius 1 is 1.46 bits per heavy atom. The zero-order chi connectivity index (χ0) is 9.68. The maximum absolute atomic E-state index is 5.20. The third kappa shape index (κ3) is 3.27. The molecule has 0 saturated heterocycles. The maximum atomic E-state index is 5.20. The molecule has 0 radical (unpaired) electrons. The molecule has 0 aromatic heterocycles. The fourth-order valence-electron chi connectivity index (χ4n) is 1.04. The molecule has 0 aliphatic carbocycles. The van der Waals surface area contributed by atoms with E-state index in [0.29, 0.717) is 4.83 Å². The van der Waals surface area contributed by atoms with Gasteiger partial charge in [-0.15, -0.1) is 0 Å². The molecule has 0 fully saturated rings. The van der Waals surface area contributed by atoms with Crippen LogP contribution in [0, 0.1) is 0 Å². The van der Waals surface area contributed by atoms with Gasteiger partial charge in [-0.3, -0.25) is 0 Å². The standard InChI is InChI=1S/C10H14BrNO/c1-8(11)7-12-9-5-3-4-6-10(9)13-2/h3-6,8,12H,7H2,1-2H3/t8-/m0/s1. The van der Waals surface area contributed by atoms with Crippen LogP contribution in [0.5, 0.6) is 5.75 Å². The summed E-state index contributed by atoms with van der Waals surface area (Å²) in [6.07, 6.45) is 0. The van der Waals surface area contributed by atoms with Crippen molar-refractivity contribution in [2.45, 2.75) is 11.8 Å². The van der Waals surface area contributed by atoms with Gasteiger partial charge in [-0.25, -0.2) is 0 Å². The summed E-state index contributed by atoms with van der Waals surface area (Å²) in [5.74, 6) is 0.885. The lowest BCUT2D eigenvalue weighted by Crippen LogP contribution is -2.10. The van der Waals surface area contributed by atoms with Crippen molar-refractivity contribution >= 4 is 21.6 Å². The van der Waals surface area contributed by atoms with E-state index < -0.39 is 0 Å². The lowest BCUT2D eigenvalue weighted by Gasteiger charge is -2.11. The Hall–Kier alpha value is -0.700. The van der Waals surface area contributed by atoms with Crippen molar-refractivity contribution in [2.75, 3.05) is 19.0 Å². The summed E-state index contributed by atoms with van der Waals surface area (Å²) in [4.78, 5) is 0.456. The van der Waals surface area contributed by atoms with E-state index in [-0.39, 0.29) is 0 Å². The van der Waals surface area contributed by atoms with Gasteiger partial charge < -0.3 is 10.1 Å². The van der Waals surface area contributed by atoms with Gasteiger partial charge in [-0.05, 0) is 12.1 Å². The molecular formula is C10H14BrNO. The van der Waals surface area contributed by atoms with Crippen molar-refractivity contribution < 1.29 is 4.74 Å². The number of halogens is 1. The summed E-state index contributed by atoms with van der Waals surface area (Å²) in [6, 6.07) is 7.90. The number of hydrogen-bond acceptors (Lipinski definition) is 2. The van der Waals surface area contributed by atoms with E-state index in [0.717, 1.165) is 18.0 Å². The van der Waals surface area contributed by atoms with Crippen molar-refractivity contribution in [3.05, 3.63) is 24.3 Å². The topological polar surface area (TPSA) is 21.3 Å². The minimum absolute atomic E-state index is 0.456. The van der Waals surface area contributed by atoms with Crippen LogP contribution in [-0.4, -0.2) is 18.5 Å². The molecule has 0 aliphatic rings. The minimum Gasteiger partial charge on any atom is -0.495 e. The third-order valence-corrected chi connectivity index (χ3v) is 2.00. The summed E-state index contributed by atoms with van der Waals surface area (Å²) in [5, 5.41) is 3.29. The van der Waals surface area contributed by atoms with Gasteiger partial charge in [-0.1, -0.05) is 35.0 Å². The van der Waals surface area contributed by atoms with Gasteiger partial charge in [-0.2, -0.15) is 0 Å². The summed E-state index contributed by atoms with van der Waals surface area (Å²) in [6.45, 7) is 2.99. The van der Waals surface area contributed by atoms with Crippen molar-refractivity contribution in [3.8, 4) is 5.75 Å². The predicted molar refractivity (Wildman–Crippen MR) is 59.9 cm³/mol. The van der Waals surface area contributed by atoms with Gasteiger partial charge in [0.15, 0.2) is 0 Å². The highest BCUT2D eigenvalue weighted by Gasteiger charge is 2.01. The first-order valence-electron chi connectivity index (χ1n) is 4.25. The van der Waals surface area contributed by atoms with Crippen LogP contribution in [-0.2, 0) is 0 Å². The van der Waals surface area contributed by atoms with Crippen LogP contribution in [0.25, 0.3) is 0 Å². The van der Waals surface area contributed by atoms with E-state index in [9.17, 15) is 0 Å². The highest BCUT2D eigenvalue weighted by Crippen LogP contribution is 2.22. The Bertz CT molecular complexity index is 263. The average molecular weight is 244 g/mol. The van der Waals surface area contributed by atoms with Crippen molar-refractivity contribution in [2.24, 2.45) is 0 Å². The van der Waals surface area contributed by atoms with Gasteiger partial charge in [0.2, 0.25) is 0 Å². The van der Waals surface area contributed by atoms with E-state index in [1.54, 1.807) is 7.11 Å². The smallest absolute Gasteiger partial charge is 0.141 e. The van der Waals surface area contributed by atoms with Crippen LogP contribution >= 0.6 is 15.9 Å². The highest BCUT2D eigenvalue weighted by molar-refractivity contribution is 9.09. The molecule has 1 aromatic carbocycles. The number of hydrogen-bond donors (Lipinski definition) is 1. The number of benzene rings is 1. The molecule has 0 amide bonds. The normalized spacial score (nSPS) is 12.2. The summed E-state index contributed by atoms with van der Waals surface area (Å²) >= 11 is 3.48. The van der Waals surface area contributed by atoms with E-state index in [1.165, 1.54) is 0 Å². The summed E-state index contributed by atoms with van der Waals surface area (Å²) < 4.78 is 5.20. The number of ether oxygens (including phenoxy) is 1. The lowest BCUT2D eigenvalue weighted by atomic mass is 10.3. The largest absolute Gasteiger partial charge is 0.495 e. The molecule has 0 saturated carbocycles. The molecule has 1 atom stereocenters. The Morgan fingerprint density at radius 2 is 2.15 bits per heavy atom. The Labute approximate surface area is 87.4 Å². The minimum atomic E-state index is 0.456. The van der Waals surface area contributed by atoms with Gasteiger partial charge in [0.1, 0.15) is 5.75 Å². The second-order valence-corrected chi connectivity index (χ2v) is 4.43. The first-order valence-corrected chi connectivity index (χ1v) is 5.16. The van der Waals surface area contributed by atoms with Gasteiger partial charge in [0.05, 0.1) is 12.8 Å². The number of alkyl halides is 1. The van der Waals surface area contributed by atoms with Crippen LogP contribution in [0.1, 0.15) is 6.92 Å². The summed E-state index contributed by atoms with van der Waals surface area (Å²) in [7, 11) is 1.68. The number of methoxy groups -OCH3 is 1. The first-order chi connectivity index (χ1) is 6.24. The fraction of sp³-hybridized carbons (Fsp3) is 0.400. The number of nitrogens with one attached hydrogen (secondary N) is 1. The van der Waals surface area contributed by atoms with Crippen LogP contribution in [0.3, 0.4) is 0 Å². The lowest BCUT2D eigenvalue weighted by molar-refractivity contribution is 0.416. The van der Waals surface area contributed by atoms with Crippen LogP contribution in [0.15, 0.2) is 24.3 Å². The van der Waals surface area contributed by atoms with Gasteiger partial charge >= 0.3 is 0 Å². The number of rotatable bonds is 4. The Kier molecular flexibility index (Phi) is 4.09. The third-order valence-electron chi connectivity index (χ3n) is 1.68. The van der Waals surface area contributed by atoms with E-state index in [1.807, 2.05) is 24.3 Å². The molecule has 0 spiro atoms. The zero-order valence-corrected chi connectivity index (χ0v) is 9.47. The van der Waals surface area contributed by atoms with Crippen LogP contribution in [0.4, 0.5) is 5.69 Å². The molecule has 1 rings (SSSR count). The van der Waals surface area contributed by atoms with Crippen molar-refractivity contribution in [3.63, 3.8) is 0 Å². The molecule has 0 aliphatic heterocycles. The van der Waals surface area contributed by atoms with Gasteiger partial charge in [0, 0.05) is 11.4 Å². The molecule has 3 heteroatoms. The highest BCUT2D eigenvalue weighted by atomic mass is 79.9. The molecular weight excluding hydrogens is 230 g/mol. The molecule has 13 heavy (non-hydrogen) atoms. The average Bonchev–Trinajstić information content (AvgIpc) is 2.15. The fourth-order valence-corrected chi connectivity index (χ4v) is 1.20. The van der Waals surface area contributed by atoms with Crippen LogP contribution in [0.2, 0.25) is 0 Å². The van der Waals surface area contributed by atoms with E-state index in [4.69, 9.17) is 4.74 Å². The molecule has 1 N–H and O–H groups in total. The number of anilines is 1. The maximum Gasteiger partial charge on any atom is 0.141 e. The quantitative estimate of drug-likeness (QED) is 0.822. The van der Waals surface area contributed by atoms with E-state index >= 15 is 0 Å². The second kappa shape index (κ2) is 5.12. The molecule has 0 heterocycles. The SMILES string of the molecule is COc1ccccc1NC[C@H](C)Br. The molecule has 0 bridgehead atoms. The summed E-state index contributed by atoms with van der Waals surface area (Å²) in [5.41, 5.74) is 1.04. The molecule has 2 nitrogen and oxygen atoms in total. The molecule has 1 aromatic rings. The monoisotopic (exact) mass is 243 g/mol. The first kappa shape index (κ1) is 10.4. The number of para-hydroxylation sites is 2. The Morgan fingerprint density at radius 3 is 2.77 bits per heavy atom. The predicted octanol–water partition coefficient (Wildman–Crippen LogP) is 2.89. The van der Waals surface area contributed by atoms with Crippen molar-refractivity contribution in [1.82, 2.24) is 0 Å².